The molecule has 1 N–H and O–H groups in total. The zero-order valence-corrected chi connectivity index (χ0v) is 20.3. The summed E-state index contributed by atoms with van der Waals surface area (Å²) in [5, 5.41) is 10.6. The highest BCUT2D eigenvalue weighted by atomic mass is 32.2. The van der Waals surface area contributed by atoms with E-state index in [0.29, 0.717) is 18.9 Å². The number of ether oxygens (including phenoxy) is 1. The summed E-state index contributed by atoms with van der Waals surface area (Å²) in [6, 6.07) is 5.94. The first-order chi connectivity index (χ1) is 16.3. The van der Waals surface area contributed by atoms with Crippen LogP contribution in [0, 0.1) is 17.2 Å². The number of carbonyl (C=O) groups is 1. The molecule has 0 spiro atoms. The molecule has 0 bridgehead atoms. The van der Waals surface area contributed by atoms with Crippen LogP contribution in [0.15, 0.2) is 29.2 Å². The van der Waals surface area contributed by atoms with Crippen LogP contribution >= 0.6 is 0 Å². The van der Waals surface area contributed by atoms with E-state index < -0.39 is 71.1 Å². The Labute approximate surface area is 201 Å². The summed E-state index contributed by atoms with van der Waals surface area (Å²) in [4.78, 5) is 12.2. The SMILES string of the molecule is N#CC1(NC(=O)[C@H]2C[C@H](S(=O)(=O)c3ccccc3C(F)(F)F)C[C@@H]2OC2CCS(=O)(=O)CC2)CC1. The summed E-state index contributed by atoms with van der Waals surface area (Å²) < 4.78 is 96.7. The summed E-state index contributed by atoms with van der Waals surface area (Å²) in [6.45, 7) is 0. The van der Waals surface area contributed by atoms with Gasteiger partial charge in [-0.25, -0.2) is 16.8 Å². The van der Waals surface area contributed by atoms with E-state index in [0.717, 1.165) is 12.1 Å². The van der Waals surface area contributed by atoms with Crippen LogP contribution in [0.25, 0.3) is 0 Å². The topological polar surface area (TPSA) is 130 Å². The predicted octanol–water partition coefficient (Wildman–Crippen LogP) is 2.39. The van der Waals surface area contributed by atoms with Gasteiger partial charge in [0.1, 0.15) is 5.54 Å². The quantitative estimate of drug-likeness (QED) is 0.593. The van der Waals surface area contributed by atoms with Crippen molar-refractivity contribution in [2.24, 2.45) is 5.92 Å². The monoisotopic (exact) mass is 534 g/mol. The molecule has 1 heterocycles. The molecule has 3 fully saturated rings. The lowest BCUT2D eigenvalue weighted by Crippen LogP contribution is -2.43. The van der Waals surface area contributed by atoms with Gasteiger partial charge in [0.2, 0.25) is 5.91 Å². The van der Waals surface area contributed by atoms with E-state index in [1.807, 2.05) is 6.07 Å². The van der Waals surface area contributed by atoms with Crippen LogP contribution in [0.4, 0.5) is 13.2 Å². The Morgan fingerprint density at radius 3 is 2.34 bits per heavy atom. The van der Waals surface area contributed by atoms with E-state index in [1.165, 1.54) is 6.07 Å². The number of nitriles is 1. The van der Waals surface area contributed by atoms with Gasteiger partial charge in [0.05, 0.1) is 51.4 Å². The fraction of sp³-hybridized carbons (Fsp3) is 0.636. The fourth-order valence-electron chi connectivity index (χ4n) is 4.73. The van der Waals surface area contributed by atoms with Crippen LogP contribution in [-0.2, 0) is 35.4 Å². The van der Waals surface area contributed by atoms with Crippen molar-refractivity contribution in [3.05, 3.63) is 29.8 Å². The number of amides is 1. The number of carbonyl (C=O) groups excluding carboxylic acids is 1. The first-order valence-corrected chi connectivity index (χ1v) is 14.6. The number of rotatable bonds is 6. The van der Waals surface area contributed by atoms with Crippen LogP contribution < -0.4 is 5.32 Å². The second kappa shape index (κ2) is 9.05. The lowest BCUT2D eigenvalue weighted by atomic mass is 10.0. The maximum Gasteiger partial charge on any atom is 0.417 e. The predicted molar refractivity (Wildman–Crippen MR) is 117 cm³/mol. The number of hydrogen-bond acceptors (Lipinski definition) is 7. The Balaban J connectivity index is 1.60. The van der Waals surface area contributed by atoms with Crippen LogP contribution in [-0.4, -0.2) is 57.2 Å². The lowest BCUT2D eigenvalue weighted by Gasteiger charge is -2.28. The van der Waals surface area contributed by atoms with Gasteiger partial charge in [0.15, 0.2) is 19.7 Å². The number of benzene rings is 1. The average Bonchev–Trinajstić information content (AvgIpc) is 3.43. The van der Waals surface area contributed by atoms with Crippen LogP contribution in [0.2, 0.25) is 0 Å². The highest BCUT2D eigenvalue weighted by Gasteiger charge is 2.51. The molecule has 0 radical (unpaired) electrons. The van der Waals surface area contributed by atoms with E-state index in [4.69, 9.17) is 4.74 Å². The highest BCUT2D eigenvalue weighted by molar-refractivity contribution is 7.92. The van der Waals surface area contributed by atoms with Crippen LogP contribution in [0.1, 0.15) is 44.1 Å². The van der Waals surface area contributed by atoms with E-state index >= 15 is 0 Å². The number of nitrogens with one attached hydrogen (secondary N) is 1. The molecule has 0 unspecified atom stereocenters. The number of hydrogen-bond donors (Lipinski definition) is 1. The minimum atomic E-state index is -4.88. The Morgan fingerprint density at radius 1 is 1.14 bits per heavy atom. The molecule has 3 aliphatic rings. The number of nitrogens with zero attached hydrogens (tertiary/aromatic N) is 1. The Morgan fingerprint density at radius 2 is 1.77 bits per heavy atom. The number of sulfone groups is 2. The molecule has 0 aromatic heterocycles. The molecule has 2 aliphatic carbocycles. The Bertz CT molecular complexity index is 1240. The summed E-state index contributed by atoms with van der Waals surface area (Å²) >= 11 is 0. The Hall–Kier alpha value is -2.17. The average molecular weight is 535 g/mol. The minimum absolute atomic E-state index is 0.0977. The highest BCUT2D eigenvalue weighted by Crippen LogP contribution is 2.42. The van der Waals surface area contributed by atoms with E-state index in [1.54, 1.807) is 0 Å². The van der Waals surface area contributed by atoms with Crippen molar-refractivity contribution in [1.82, 2.24) is 5.32 Å². The first kappa shape index (κ1) is 25.9. The standard InChI is InChI=1S/C22H25F3N2O6S2/c23-22(24,25)17-3-1-2-4-19(17)35(31,32)15-11-16(20(28)27-21(13-26)7-8-21)18(12-15)33-14-5-9-34(29,30)10-6-14/h1-4,14-16,18H,5-12H2,(H,27,28)/t15-,16-,18-/m0/s1. The van der Waals surface area contributed by atoms with Gasteiger partial charge in [-0.05, 0) is 50.7 Å². The lowest BCUT2D eigenvalue weighted by molar-refractivity contribution is -0.140. The van der Waals surface area contributed by atoms with E-state index in [9.17, 15) is 40.1 Å². The molecule has 1 saturated heterocycles. The largest absolute Gasteiger partial charge is 0.417 e. The molecular formula is C22H25F3N2O6S2. The molecule has 8 nitrogen and oxygen atoms in total. The van der Waals surface area contributed by atoms with E-state index in [-0.39, 0.29) is 37.2 Å². The van der Waals surface area contributed by atoms with Gasteiger partial charge >= 0.3 is 6.18 Å². The molecule has 1 aliphatic heterocycles. The summed E-state index contributed by atoms with van der Waals surface area (Å²) in [7, 11) is -7.67. The summed E-state index contributed by atoms with van der Waals surface area (Å²) in [6.07, 6.45) is -5.54. The van der Waals surface area contributed by atoms with Crippen molar-refractivity contribution < 1.29 is 39.5 Å². The number of halogens is 3. The van der Waals surface area contributed by atoms with Gasteiger partial charge in [-0.1, -0.05) is 12.1 Å². The minimum Gasteiger partial charge on any atom is -0.374 e. The van der Waals surface area contributed by atoms with Crippen molar-refractivity contribution in [2.45, 2.75) is 72.6 Å². The van der Waals surface area contributed by atoms with Gasteiger partial charge in [0, 0.05) is 0 Å². The molecule has 1 aromatic rings. The van der Waals surface area contributed by atoms with Crippen molar-refractivity contribution >= 4 is 25.6 Å². The molecule has 3 atom stereocenters. The van der Waals surface area contributed by atoms with Gasteiger partial charge in [-0.3, -0.25) is 4.79 Å². The second-order valence-corrected chi connectivity index (χ2v) is 13.9. The molecular weight excluding hydrogens is 509 g/mol. The third-order valence-electron chi connectivity index (χ3n) is 6.93. The maximum atomic E-state index is 13.5. The third kappa shape index (κ3) is 5.49. The van der Waals surface area contributed by atoms with Crippen LogP contribution in [0.3, 0.4) is 0 Å². The second-order valence-electron chi connectivity index (χ2n) is 9.45. The van der Waals surface area contributed by atoms with Crippen molar-refractivity contribution in [3.8, 4) is 6.07 Å². The van der Waals surface area contributed by atoms with Gasteiger partial charge in [-0.2, -0.15) is 18.4 Å². The van der Waals surface area contributed by atoms with Gasteiger partial charge in [0.25, 0.3) is 0 Å². The maximum absolute atomic E-state index is 13.5. The van der Waals surface area contributed by atoms with Gasteiger partial charge in [-0.15, -0.1) is 0 Å². The van der Waals surface area contributed by atoms with Crippen molar-refractivity contribution in [2.75, 3.05) is 11.5 Å². The molecule has 1 aromatic carbocycles. The molecule has 13 heteroatoms. The molecule has 1 amide bonds. The van der Waals surface area contributed by atoms with Crippen molar-refractivity contribution in [3.63, 3.8) is 0 Å². The zero-order chi connectivity index (χ0) is 25.6. The smallest absolute Gasteiger partial charge is 0.374 e. The summed E-state index contributed by atoms with van der Waals surface area (Å²) in [5.41, 5.74) is -2.29. The normalized spacial score (nSPS) is 28.2. The fourth-order valence-corrected chi connectivity index (χ4v) is 8.20. The third-order valence-corrected chi connectivity index (χ3v) is 10.9. The molecule has 35 heavy (non-hydrogen) atoms. The van der Waals surface area contributed by atoms with Crippen LogP contribution in [0.5, 0.6) is 0 Å². The van der Waals surface area contributed by atoms with Crippen molar-refractivity contribution in [1.29, 1.82) is 5.26 Å². The summed E-state index contributed by atoms with van der Waals surface area (Å²) in [5.74, 6) is -1.78. The molecule has 4 rings (SSSR count). The Kier molecular flexibility index (Phi) is 6.70. The zero-order valence-electron chi connectivity index (χ0n) is 18.6. The molecule has 192 valence electrons. The van der Waals surface area contributed by atoms with E-state index in [2.05, 4.69) is 5.32 Å². The number of alkyl halides is 3. The molecule has 2 saturated carbocycles. The van der Waals surface area contributed by atoms with Gasteiger partial charge < -0.3 is 10.1 Å². The first-order valence-electron chi connectivity index (χ1n) is 11.3.